The summed E-state index contributed by atoms with van der Waals surface area (Å²) >= 11 is 0. The number of aliphatic hydroxyl groups is 1. The minimum atomic E-state index is -0.248. The number of rotatable bonds is 4. The van der Waals surface area contributed by atoms with Gasteiger partial charge in [-0.15, -0.1) is 0 Å². The Hall–Kier alpha value is -2.40. The van der Waals surface area contributed by atoms with Crippen molar-refractivity contribution in [2.45, 2.75) is 37.8 Å². The zero-order chi connectivity index (χ0) is 19.3. The molecule has 3 atom stereocenters. The van der Waals surface area contributed by atoms with Gasteiger partial charge in [-0.2, -0.15) is 0 Å². The lowest BCUT2D eigenvalue weighted by molar-refractivity contribution is -0.133. The Balaban J connectivity index is 1.53. The molecular weight excluding hydrogens is 355 g/mol. The highest BCUT2D eigenvalue weighted by Crippen LogP contribution is 2.48. The molecule has 2 aromatic carbocycles. The van der Waals surface area contributed by atoms with Crippen LogP contribution in [0.5, 0.6) is 0 Å². The average Bonchev–Trinajstić information content (AvgIpc) is 3.41. The van der Waals surface area contributed by atoms with Crippen LogP contribution in [-0.2, 0) is 4.79 Å². The summed E-state index contributed by atoms with van der Waals surface area (Å²) in [6.45, 7) is 0.810. The predicted molar refractivity (Wildman–Crippen MR) is 106 cm³/mol. The minimum Gasteiger partial charge on any atom is -0.394 e. The number of aliphatic hydroxyl groups excluding tert-OH is 1. The second-order valence-corrected chi connectivity index (χ2v) is 8.37. The van der Waals surface area contributed by atoms with Crippen molar-refractivity contribution in [3.05, 3.63) is 53.8 Å². The number of benzene rings is 2. The Morgan fingerprint density at radius 2 is 1.86 bits per heavy atom. The molecule has 1 saturated heterocycles. The molecule has 0 spiro atoms. The van der Waals surface area contributed by atoms with E-state index in [1.54, 1.807) is 12.1 Å². The van der Waals surface area contributed by atoms with Crippen molar-refractivity contribution in [3.8, 4) is 11.1 Å². The third-order valence-corrected chi connectivity index (χ3v) is 6.53. The molecule has 0 radical (unpaired) electrons. The Morgan fingerprint density at radius 3 is 2.57 bits per heavy atom. The molecular formula is C23H25FN2O2. The number of halogens is 1. The Kier molecular flexibility index (Phi) is 4.35. The molecule has 1 aliphatic carbocycles. The van der Waals surface area contributed by atoms with Crippen molar-refractivity contribution in [3.63, 3.8) is 0 Å². The minimum absolute atomic E-state index is 0.0000448. The Bertz CT molecular complexity index is 894. The molecule has 5 rings (SSSR count). The molecule has 1 amide bonds. The summed E-state index contributed by atoms with van der Waals surface area (Å²) in [5.74, 6) is 0.768. The first-order valence-corrected chi connectivity index (χ1v) is 10.2. The van der Waals surface area contributed by atoms with Gasteiger partial charge in [0, 0.05) is 24.6 Å². The van der Waals surface area contributed by atoms with Gasteiger partial charge in [-0.1, -0.05) is 18.2 Å². The third kappa shape index (κ3) is 3.08. The molecule has 0 aromatic heterocycles. The number of nitrogens with zero attached hydrogens (tertiary/aromatic N) is 1. The number of likely N-dealkylation sites (tertiary alicyclic amines) is 1. The first-order valence-electron chi connectivity index (χ1n) is 10.2. The van der Waals surface area contributed by atoms with Crippen LogP contribution in [0.4, 0.5) is 10.1 Å². The number of anilines is 1. The maximum Gasteiger partial charge on any atom is 0.223 e. The molecule has 2 aliphatic heterocycles. The van der Waals surface area contributed by atoms with Gasteiger partial charge in [0.1, 0.15) is 5.82 Å². The number of hydrogen-bond acceptors (Lipinski definition) is 3. The SMILES string of the molecule is O=C(CC1CC1)N1CC[C@@H]2[C@H]1c1cc(-c3ccc(F)cc3)ccc1N[C@@H]2CO. The van der Waals surface area contributed by atoms with Crippen molar-refractivity contribution in [2.75, 3.05) is 18.5 Å². The summed E-state index contributed by atoms with van der Waals surface area (Å²) in [5.41, 5.74) is 4.07. The highest BCUT2D eigenvalue weighted by molar-refractivity contribution is 5.79. The fourth-order valence-corrected chi connectivity index (χ4v) is 4.85. The van der Waals surface area contributed by atoms with Crippen molar-refractivity contribution >= 4 is 11.6 Å². The van der Waals surface area contributed by atoms with Crippen molar-refractivity contribution in [1.82, 2.24) is 4.90 Å². The Morgan fingerprint density at radius 1 is 1.11 bits per heavy atom. The molecule has 2 fully saturated rings. The standard InChI is InChI=1S/C23H25FN2O2/c24-17-6-3-15(4-7-17)16-5-8-20-19(12-16)23-18(21(13-27)25-20)9-10-26(23)22(28)11-14-1-2-14/h3-8,12,14,18,21,23,25,27H,1-2,9-11,13H2/t18-,21+,23-/m0/s1. The summed E-state index contributed by atoms with van der Waals surface area (Å²) in [6.07, 6.45) is 3.88. The van der Waals surface area contributed by atoms with Gasteiger partial charge in [0.2, 0.25) is 5.91 Å². The van der Waals surface area contributed by atoms with E-state index < -0.39 is 0 Å². The van der Waals surface area contributed by atoms with E-state index >= 15 is 0 Å². The second-order valence-electron chi connectivity index (χ2n) is 8.37. The van der Waals surface area contributed by atoms with E-state index in [4.69, 9.17) is 0 Å². The average molecular weight is 380 g/mol. The lowest BCUT2D eigenvalue weighted by atomic mass is 9.82. The number of amides is 1. The van der Waals surface area contributed by atoms with Gasteiger partial charge in [0.05, 0.1) is 18.7 Å². The fourth-order valence-electron chi connectivity index (χ4n) is 4.85. The molecule has 0 bridgehead atoms. The summed E-state index contributed by atoms with van der Waals surface area (Å²) in [7, 11) is 0. The Labute approximate surface area is 164 Å². The second kappa shape index (κ2) is 6.89. The number of hydrogen-bond donors (Lipinski definition) is 2. The molecule has 28 heavy (non-hydrogen) atoms. The van der Waals surface area contributed by atoms with Crippen molar-refractivity contribution in [1.29, 1.82) is 0 Å². The maximum atomic E-state index is 13.3. The predicted octanol–water partition coefficient (Wildman–Crippen LogP) is 3.97. The molecule has 0 unspecified atom stereocenters. The third-order valence-electron chi connectivity index (χ3n) is 6.53. The van der Waals surface area contributed by atoms with Crippen LogP contribution < -0.4 is 5.32 Å². The monoisotopic (exact) mass is 380 g/mol. The van der Waals surface area contributed by atoms with Crippen LogP contribution in [0.1, 0.15) is 37.3 Å². The first kappa shape index (κ1) is 17.7. The number of carbonyl (C=O) groups excluding carboxylic acids is 1. The number of nitrogens with one attached hydrogen (secondary N) is 1. The summed E-state index contributed by atoms with van der Waals surface area (Å²) in [6, 6.07) is 12.6. The van der Waals surface area contributed by atoms with Crippen LogP contribution >= 0.6 is 0 Å². The summed E-state index contributed by atoms with van der Waals surface area (Å²) in [4.78, 5) is 15.0. The van der Waals surface area contributed by atoms with Gasteiger partial charge in [0.25, 0.3) is 0 Å². The van der Waals surface area contributed by atoms with Gasteiger partial charge in [-0.25, -0.2) is 4.39 Å². The lowest BCUT2D eigenvalue weighted by Gasteiger charge is -2.39. The van der Waals surface area contributed by atoms with E-state index in [2.05, 4.69) is 11.4 Å². The van der Waals surface area contributed by atoms with Crippen LogP contribution in [0.2, 0.25) is 0 Å². The summed E-state index contributed by atoms with van der Waals surface area (Å²) in [5, 5.41) is 13.4. The molecule has 4 nitrogen and oxygen atoms in total. The number of fused-ring (bicyclic) bond motifs is 3. The lowest BCUT2D eigenvalue weighted by Crippen LogP contribution is -2.42. The molecule has 3 aliphatic rings. The fraction of sp³-hybridized carbons (Fsp3) is 0.435. The zero-order valence-electron chi connectivity index (χ0n) is 15.8. The van der Waals surface area contributed by atoms with Gasteiger partial charge in [-0.3, -0.25) is 4.79 Å². The van der Waals surface area contributed by atoms with Gasteiger partial charge in [-0.05, 0) is 66.1 Å². The largest absolute Gasteiger partial charge is 0.394 e. The van der Waals surface area contributed by atoms with Gasteiger partial charge < -0.3 is 15.3 Å². The molecule has 2 heterocycles. The highest BCUT2D eigenvalue weighted by Gasteiger charge is 2.46. The molecule has 5 heteroatoms. The molecule has 146 valence electrons. The summed E-state index contributed by atoms with van der Waals surface area (Å²) < 4.78 is 13.3. The van der Waals surface area contributed by atoms with Gasteiger partial charge in [0.15, 0.2) is 0 Å². The molecule has 1 saturated carbocycles. The van der Waals surface area contributed by atoms with E-state index in [9.17, 15) is 14.3 Å². The van der Waals surface area contributed by atoms with Crippen LogP contribution in [-0.4, -0.2) is 35.1 Å². The number of carbonyl (C=O) groups is 1. The van der Waals surface area contributed by atoms with E-state index in [0.29, 0.717) is 12.3 Å². The maximum absolute atomic E-state index is 13.3. The van der Waals surface area contributed by atoms with E-state index in [-0.39, 0.29) is 36.3 Å². The topological polar surface area (TPSA) is 52.6 Å². The normalized spacial score (nSPS) is 25.8. The van der Waals surface area contributed by atoms with E-state index in [1.807, 2.05) is 17.0 Å². The van der Waals surface area contributed by atoms with E-state index in [1.165, 1.54) is 25.0 Å². The van der Waals surface area contributed by atoms with Crippen molar-refractivity contribution in [2.24, 2.45) is 11.8 Å². The van der Waals surface area contributed by atoms with Crippen LogP contribution in [0.15, 0.2) is 42.5 Å². The molecule has 2 aromatic rings. The smallest absolute Gasteiger partial charge is 0.223 e. The highest BCUT2D eigenvalue weighted by atomic mass is 19.1. The molecule has 2 N–H and O–H groups in total. The van der Waals surface area contributed by atoms with Crippen LogP contribution in [0, 0.1) is 17.7 Å². The van der Waals surface area contributed by atoms with E-state index in [0.717, 1.165) is 35.3 Å². The zero-order valence-corrected chi connectivity index (χ0v) is 15.8. The van der Waals surface area contributed by atoms with Gasteiger partial charge >= 0.3 is 0 Å². The van der Waals surface area contributed by atoms with Crippen LogP contribution in [0.25, 0.3) is 11.1 Å². The first-order chi connectivity index (χ1) is 13.6. The van der Waals surface area contributed by atoms with Crippen molar-refractivity contribution < 1.29 is 14.3 Å². The quantitative estimate of drug-likeness (QED) is 0.844. The van der Waals surface area contributed by atoms with Crippen LogP contribution in [0.3, 0.4) is 0 Å².